The number of imidazole rings is 1. The van der Waals surface area contributed by atoms with Gasteiger partial charge in [0.2, 0.25) is 0 Å². The normalized spacial score (nSPS) is 24.1. The van der Waals surface area contributed by atoms with Crippen LogP contribution in [-0.4, -0.2) is 32.4 Å². The van der Waals surface area contributed by atoms with Crippen LogP contribution in [0.1, 0.15) is 19.8 Å². The molecule has 1 fully saturated rings. The van der Waals surface area contributed by atoms with Crippen LogP contribution in [0.15, 0.2) is 17.2 Å². The van der Waals surface area contributed by atoms with E-state index in [0.717, 1.165) is 0 Å². The van der Waals surface area contributed by atoms with Crippen LogP contribution < -0.4 is 5.69 Å². The van der Waals surface area contributed by atoms with Gasteiger partial charge in [-0.05, 0) is 19.8 Å². The van der Waals surface area contributed by atoms with Crippen molar-refractivity contribution < 1.29 is 14.6 Å². The van der Waals surface area contributed by atoms with Crippen molar-refractivity contribution in [3.63, 3.8) is 0 Å². The van der Waals surface area contributed by atoms with E-state index in [2.05, 4.69) is 0 Å². The predicted molar refractivity (Wildman–Crippen MR) is 59.9 cm³/mol. The van der Waals surface area contributed by atoms with E-state index in [-0.39, 0.29) is 11.8 Å². The van der Waals surface area contributed by atoms with Gasteiger partial charge in [0.15, 0.2) is 6.10 Å². The van der Waals surface area contributed by atoms with E-state index in [0.29, 0.717) is 25.9 Å². The zero-order valence-corrected chi connectivity index (χ0v) is 9.70. The van der Waals surface area contributed by atoms with Gasteiger partial charge < -0.3 is 9.84 Å². The fourth-order valence-corrected chi connectivity index (χ4v) is 2.07. The summed E-state index contributed by atoms with van der Waals surface area (Å²) in [6.07, 6.45) is 3.74. The summed E-state index contributed by atoms with van der Waals surface area (Å²) in [5.41, 5.74) is -0.0742. The molecule has 0 saturated carbocycles. The van der Waals surface area contributed by atoms with Crippen LogP contribution in [0.4, 0.5) is 0 Å². The topological polar surface area (TPSA) is 73.5 Å². The van der Waals surface area contributed by atoms with Gasteiger partial charge >= 0.3 is 11.7 Å². The Morgan fingerprint density at radius 3 is 2.71 bits per heavy atom. The van der Waals surface area contributed by atoms with Crippen LogP contribution in [0.3, 0.4) is 0 Å². The first-order valence-corrected chi connectivity index (χ1v) is 5.75. The van der Waals surface area contributed by atoms with E-state index in [1.165, 1.54) is 0 Å². The highest BCUT2D eigenvalue weighted by atomic mass is 16.5. The number of aliphatic carboxylic acids is 1. The lowest BCUT2D eigenvalue weighted by molar-refractivity contribution is -0.149. The van der Waals surface area contributed by atoms with E-state index in [1.807, 2.05) is 6.92 Å². The van der Waals surface area contributed by atoms with E-state index >= 15 is 0 Å². The number of carboxylic acids is 1. The molecule has 1 N–H and O–H groups in total. The van der Waals surface area contributed by atoms with Crippen molar-refractivity contribution in [3.8, 4) is 0 Å². The number of hydrogen-bond donors (Lipinski definition) is 1. The van der Waals surface area contributed by atoms with Crippen LogP contribution in [0.25, 0.3) is 0 Å². The number of aryl methyl sites for hydroxylation is 1. The molecule has 6 heteroatoms. The largest absolute Gasteiger partial charge is 0.479 e. The highest BCUT2D eigenvalue weighted by Crippen LogP contribution is 2.20. The van der Waals surface area contributed by atoms with E-state index in [9.17, 15) is 9.59 Å². The predicted octanol–water partition coefficient (Wildman–Crippen LogP) is 0.302. The zero-order chi connectivity index (χ0) is 12.4. The average Bonchev–Trinajstić information content (AvgIpc) is 2.88. The Morgan fingerprint density at radius 2 is 2.18 bits per heavy atom. The molecule has 0 bridgehead atoms. The molecule has 0 radical (unpaired) electrons. The monoisotopic (exact) mass is 240 g/mol. The van der Waals surface area contributed by atoms with Crippen molar-refractivity contribution in [1.82, 2.24) is 9.13 Å². The van der Waals surface area contributed by atoms with Gasteiger partial charge in [-0.3, -0.25) is 9.13 Å². The molecule has 6 nitrogen and oxygen atoms in total. The zero-order valence-electron chi connectivity index (χ0n) is 9.70. The first kappa shape index (κ1) is 11.9. The third kappa shape index (κ3) is 2.41. The van der Waals surface area contributed by atoms with Crippen LogP contribution in [0.5, 0.6) is 0 Å². The lowest BCUT2D eigenvalue weighted by Crippen LogP contribution is -2.29. The maximum atomic E-state index is 11.8. The lowest BCUT2D eigenvalue weighted by Gasteiger charge is -2.11. The van der Waals surface area contributed by atoms with E-state index < -0.39 is 12.1 Å². The molecule has 1 saturated heterocycles. The number of carboxylic acid groups (broad SMARTS) is 1. The van der Waals surface area contributed by atoms with Crippen molar-refractivity contribution in [1.29, 1.82) is 0 Å². The van der Waals surface area contributed by atoms with Crippen molar-refractivity contribution in [2.45, 2.75) is 45.1 Å². The summed E-state index contributed by atoms with van der Waals surface area (Å²) in [7, 11) is 0. The molecule has 0 amide bonds. The summed E-state index contributed by atoms with van der Waals surface area (Å²) in [5.74, 6) is -0.925. The highest BCUT2D eigenvalue weighted by molar-refractivity contribution is 5.72. The number of rotatable bonds is 4. The molecule has 17 heavy (non-hydrogen) atoms. The highest BCUT2D eigenvalue weighted by Gasteiger charge is 2.30. The second kappa shape index (κ2) is 4.75. The quantitative estimate of drug-likeness (QED) is 0.821. The number of hydrogen-bond acceptors (Lipinski definition) is 3. The fraction of sp³-hybridized carbons (Fsp3) is 0.636. The molecule has 2 unspecified atom stereocenters. The summed E-state index contributed by atoms with van der Waals surface area (Å²) in [5, 5.41) is 8.80. The molecular weight excluding hydrogens is 224 g/mol. The van der Waals surface area contributed by atoms with Crippen LogP contribution >= 0.6 is 0 Å². The smallest absolute Gasteiger partial charge is 0.332 e. The molecule has 1 aromatic heterocycles. The fourth-order valence-electron chi connectivity index (χ4n) is 2.07. The Balaban J connectivity index is 2.00. The molecule has 1 aromatic rings. The third-order valence-electron chi connectivity index (χ3n) is 3.04. The molecule has 0 spiro atoms. The molecule has 2 heterocycles. The summed E-state index contributed by atoms with van der Waals surface area (Å²) < 4.78 is 8.52. The van der Waals surface area contributed by atoms with Gasteiger partial charge in [-0.15, -0.1) is 0 Å². The van der Waals surface area contributed by atoms with Gasteiger partial charge in [0.1, 0.15) is 0 Å². The summed E-state index contributed by atoms with van der Waals surface area (Å²) in [4.78, 5) is 22.5. The minimum atomic E-state index is -0.925. The second-order valence-electron chi connectivity index (χ2n) is 4.18. The maximum absolute atomic E-state index is 11.8. The van der Waals surface area contributed by atoms with Crippen LogP contribution in [0.2, 0.25) is 0 Å². The Morgan fingerprint density at radius 1 is 1.47 bits per heavy atom. The van der Waals surface area contributed by atoms with Gasteiger partial charge in [-0.1, -0.05) is 0 Å². The molecule has 0 aromatic carbocycles. The molecule has 94 valence electrons. The summed E-state index contributed by atoms with van der Waals surface area (Å²) >= 11 is 0. The van der Waals surface area contributed by atoms with E-state index in [4.69, 9.17) is 9.84 Å². The number of aromatic nitrogens is 2. The molecule has 2 atom stereocenters. The summed E-state index contributed by atoms with van der Waals surface area (Å²) in [6.45, 7) is 2.96. The van der Waals surface area contributed by atoms with Crippen molar-refractivity contribution in [3.05, 3.63) is 22.9 Å². The first-order chi connectivity index (χ1) is 8.11. The van der Waals surface area contributed by atoms with Crippen molar-refractivity contribution in [2.24, 2.45) is 0 Å². The van der Waals surface area contributed by atoms with Gasteiger partial charge in [0, 0.05) is 18.9 Å². The van der Waals surface area contributed by atoms with Crippen LogP contribution in [0, 0.1) is 0 Å². The third-order valence-corrected chi connectivity index (χ3v) is 3.04. The Hall–Kier alpha value is -1.56. The Kier molecular flexibility index (Phi) is 3.33. The number of nitrogens with zero attached hydrogens (tertiary/aromatic N) is 2. The average molecular weight is 240 g/mol. The van der Waals surface area contributed by atoms with Crippen molar-refractivity contribution >= 4 is 5.97 Å². The van der Waals surface area contributed by atoms with Gasteiger partial charge in [-0.25, -0.2) is 9.59 Å². The van der Waals surface area contributed by atoms with E-state index in [1.54, 1.807) is 21.5 Å². The van der Waals surface area contributed by atoms with Gasteiger partial charge in [0.05, 0.1) is 12.6 Å². The van der Waals surface area contributed by atoms with Crippen molar-refractivity contribution in [2.75, 3.05) is 0 Å². The summed E-state index contributed by atoms with van der Waals surface area (Å²) in [6, 6.07) is 0. The molecule has 1 aliphatic rings. The molecule has 2 rings (SSSR count). The van der Waals surface area contributed by atoms with Gasteiger partial charge in [0.25, 0.3) is 0 Å². The minimum Gasteiger partial charge on any atom is -0.479 e. The lowest BCUT2D eigenvalue weighted by atomic mass is 10.2. The molecule has 0 aliphatic carbocycles. The Bertz CT molecular complexity index is 462. The van der Waals surface area contributed by atoms with Gasteiger partial charge in [-0.2, -0.15) is 0 Å². The molecule has 1 aliphatic heterocycles. The minimum absolute atomic E-state index is 0.0742. The number of ether oxygens (including phenoxy) is 1. The second-order valence-corrected chi connectivity index (χ2v) is 4.18. The number of carbonyl (C=O) groups is 1. The molecular formula is C11H16N2O4. The SMILES string of the molecule is CCn1ccn(CC2CCC(C(=O)O)O2)c1=O. The standard InChI is InChI=1S/C11H16N2O4/c1-2-12-5-6-13(11(12)16)7-8-3-4-9(17-8)10(14)15/h5-6,8-9H,2-4,7H2,1H3,(H,14,15). The Labute approximate surface area is 98.4 Å². The first-order valence-electron chi connectivity index (χ1n) is 5.75. The van der Waals surface area contributed by atoms with Crippen LogP contribution in [-0.2, 0) is 22.6 Å². The maximum Gasteiger partial charge on any atom is 0.332 e.